The number of hydrogen-bond donors (Lipinski definition) is 1. The molecule has 1 heterocycles. The van der Waals surface area contributed by atoms with Crippen molar-refractivity contribution in [2.24, 2.45) is 0 Å². The Morgan fingerprint density at radius 3 is 2.93 bits per heavy atom. The Kier molecular flexibility index (Phi) is 4.54. The molecule has 1 aromatic heterocycles. The average Bonchev–Trinajstić information content (AvgIpc) is 2.14. The zero-order chi connectivity index (χ0) is 10.6. The summed E-state index contributed by atoms with van der Waals surface area (Å²) in [6.07, 6.45) is 5.19. The highest BCUT2D eigenvalue weighted by Gasteiger charge is 2.05. The summed E-state index contributed by atoms with van der Waals surface area (Å²) in [4.78, 5) is 4.02. The molecule has 0 aliphatic carbocycles. The molecule has 0 spiro atoms. The maximum Gasteiger partial charge on any atom is 0.0538 e. The summed E-state index contributed by atoms with van der Waals surface area (Å²) in [7, 11) is -0.784. The quantitative estimate of drug-likeness (QED) is 0.915. The molecule has 0 aromatic carbocycles. The summed E-state index contributed by atoms with van der Waals surface area (Å²) in [5, 5.41) is 3.33. The van der Waals surface area contributed by atoms with Crippen molar-refractivity contribution >= 4 is 32.4 Å². The monoisotopic (exact) mass is 276 g/mol. The van der Waals surface area contributed by atoms with Crippen LogP contribution in [0.25, 0.3) is 0 Å². The van der Waals surface area contributed by atoms with Crippen molar-refractivity contribution in [1.29, 1.82) is 0 Å². The fraction of sp³-hybridized carbons (Fsp3) is 0.444. The normalized spacial score (nSPS) is 14.8. The highest BCUT2D eigenvalue weighted by molar-refractivity contribution is 9.10. The first kappa shape index (κ1) is 11.7. The van der Waals surface area contributed by atoms with Gasteiger partial charge in [-0.1, -0.05) is 0 Å². The van der Waals surface area contributed by atoms with E-state index in [1.54, 1.807) is 18.6 Å². The molecule has 1 rings (SSSR count). The van der Waals surface area contributed by atoms with Gasteiger partial charge in [-0.2, -0.15) is 0 Å². The molecule has 0 amide bonds. The van der Waals surface area contributed by atoms with Crippen LogP contribution >= 0.6 is 15.9 Å². The molecule has 0 aliphatic rings. The van der Waals surface area contributed by atoms with Gasteiger partial charge < -0.3 is 5.32 Å². The lowest BCUT2D eigenvalue weighted by Gasteiger charge is -2.10. The lowest BCUT2D eigenvalue weighted by atomic mass is 10.4. The standard InChI is InChI=1S/C9H13BrN2OS/c1-7(14(2)13)4-12-9-3-8(10)5-11-6-9/h3,5-7,12H,4H2,1-2H3. The van der Waals surface area contributed by atoms with Crippen molar-refractivity contribution in [1.82, 2.24) is 4.98 Å². The second-order valence-corrected chi connectivity index (χ2v) is 5.80. The first-order valence-electron chi connectivity index (χ1n) is 4.26. The summed E-state index contributed by atoms with van der Waals surface area (Å²) in [5.74, 6) is 0. The SMILES string of the molecule is CC(CNc1cncc(Br)c1)S(C)=O. The molecule has 0 aliphatic heterocycles. The molecule has 3 nitrogen and oxygen atoms in total. The predicted octanol–water partition coefficient (Wildman–Crippen LogP) is 2.02. The molecule has 0 radical (unpaired) electrons. The van der Waals surface area contributed by atoms with Crippen molar-refractivity contribution in [2.45, 2.75) is 12.2 Å². The van der Waals surface area contributed by atoms with Crippen LogP contribution in [0, 0.1) is 0 Å². The Morgan fingerprint density at radius 2 is 2.36 bits per heavy atom. The van der Waals surface area contributed by atoms with E-state index in [9.17, 15) is 4.21 Å². The Bertz CT molecular complexity index is 332. The Balaban J connectivity index is 2.49. The number of hydrogen-bond acceptors (Lipinski definition) is 3. The Morgan fingerprint density at radius 1 is 1.64 bits per heavy atom. The van der Waals surface area contributed by atoms with E-state index >= 15 is 0 Å². The van der Waals surface area contributed by atoms with Gasteiger partial charge in [0.1, 0.15) is 0 Å². The highest BCUT2D eigenvalue weighted by Crippen LogP contribution is 2.13. The number of nitrogens with one attached hydrogen (secondary N) is 1. The van der Waals surface area contributed by atoms with E-state index in [2.05, 4.69) is 26.2 Å². The van der Waals surface area contributed by atoms with Gasteiger partial charge in [0.25, 0.3) is 0 Å². The van der Waals surface area contributed by atoms with Gasteiger partial charge >= 0.3 is 0 Å². The average molecular weight is 277 g/mol. The smallest absolute Gasteiger partial charge is 0.0538 e. The van der Waals surface area contributed by atoms with E-state index in [0.29, 0.717) is 6.54 Å². The predicted molar refractivity (Wildman–Crippen MR) is 64.0 cm³/mol. The van der Waals surface area contributed by atoms with Gasteiger partial charge in [-0.25, -0.2) is 0 Å². The number of nitrogens with zero attached hydrogens (tertiary/aromatic N) is 1. The van der Waals surface area contributed by atoms with Crippen LogP contribution in [0.15, 0.2) is 22.9 Å². The fourth-order valence-electron chi connectivity index (χ4n) is 0.887. The van der Waals surface area contributed by atoms with Crippen LogP contribution in [-0.2, 0) is 10.8 Å². The summed E-state index contributed by atoms with van der Waals surface area (Å²) in [6, 6.07) is 1.94. The first-order valence-corrected chi connectivity index (χ1v) is 6.67. The number of anilines is 1. The van der Waals surface area contributed by atoms with Gasteiger partial charge in [-0.05, 0) is 28.9 Å². The first-order chi connectivity index (χ1) is 6.59. The molecular weight excluding hydrogens is 264 g/mol. The lowest BCUT2D eigenvalue weighted by molar-refractivity contribution is 0.679. The van der Waals surface area contributed by atoms with Crippen molar-refractivity contribution in [3.8, 4) is 0 Å². The molecule has 78 valence electrons. The van der Waals surface area contributed by atoms with Gasteiger partial charge in [-0.15, -0.1) is 0 Å². The maximum atomic E-state index is 11.1. The van der Waals surface area contributed by atoms with Crippen LogP contribution < -0.4 is 5.32 Å². The van der Waals surface area contributed by atoms with Gasteiger partial charge in [0.15, 0.2) is 0 Å². The molecule has 5 heteroatoms. The second kappa shape index (κ2) is 5.46. The number of rotatable bonds is 4. The van der Waals surface area contributed by atoms with Crippen molar-refractivity contribution < 1.29 is 4.21 Å². The van der Waals surface area contributed by atoms with Crippen molar-refractivity contribution in [3.63, 3.8) is 0 Å². The summed E-state index contributed by atoms with van der Waals surface area (Å²) < 4.78 is 12.0. The molecule has 0 bridgehead atoms. The molecule has 0 saturated carbocycles. The van der Waals surface area contributed by atoms with Crippen LogP contribution in [0.5, 0.6) is 0 Å². The van der Waals surface area contributed by atoms with Gasteiger partial charge in [0.05, 0.1) is 11.9 Å². The third-order valence-electron chi connectivity index (χ3n) is 1.87. The fourth-order valence-corrected chi connectivity index (χ4v) is 1.57. The van der Waals surface area contributed by atoms with Crippen LogP contribution in [0.1, 0.15) is 6.92 Å². The molecule has 2 atom stereocenters. The number of halogens is 1. The van der Waals surface area contributed by atoms with Gasteiger partial charge in [-0.3, -0.25) is 9.19 Å². The molecule has 1 N–H and O–H groups in total. The molecule has 2 unspecified atom stereocenters. The largest absolute Gasteiger partial charge is 0.383 e. The van der Waals surface area contributed by atoms with Crippen molar-refractivity contribution in [3.05, 3.63) is 22.9 Å². The van der Waals surface area contributed by atoms with Crippen LogP contribution in [0.4, 0.5) is 5.69 Å². The van der Waals surface area contributed by atoms with Crippen LogP contribution in [-0.4, -0.2) is 27.2 Å². The molecular formula is C9H13BrN2OS. The zero-order valence-electron chi connectivity index (χ0n) is 8.16. The topological polar surface area (TPSA) is 42.0 Å². The zero-order valence-corrected chi connectivity index (χ0v) is 10.6. The van der Waals surface area contributed by atoms with Crippen LogP contribution in [0.2, 0.25) is 0 Å². The summed E-state index contributed by atoms with van der Waals surface area (Å²) >= 11 is 3.34. The van der Waals surface area contributed by atoms with Crippen molar-refractivity contribution in [2.75, 3.05) is 18.1 Å². The van der Waals surface area contributed by atoms with E-state index < -0.39 is 10.8 Å². The van der Waals surface area contributed by atoms with Crippen LogP contribution in [0.3, 0.4) is 0 Å². The lowest BCUT2D eigenvalue weighted by Crippen LogP contribution is -2.20. The van der Waals surface area contributed by atoms with Gasteiger partial charge in [0, 0.05) is 39.5 Å². The highest BCUT2D eigenvalue weighted by atomic mass is 79.9. The summed E-state index contributed by atoms with van der Waals surface area (Å²) in [5.41, 5.74) is 0.941. The van der Waals surface area contributed by atoms with E-state index in [4.69, 9.17) is 0 Å². The third-order valence-corrected chi connectivity index (χ3v) is 3.60. The Labute approximate surface area is 94.9 Å². The minimum atomic E-state index is -0.784. The minimum Gasteiger partial charge on any atom is -0.383 e. The van der Waals surface area contributed by atoms with E-state index in [0.717, 1.165) is 10.2 Å². The second-order valence-electron chi connectivity index (χ2n) is 3.08. The van der Waals surface area contributed by atoms with E-state index in [1.807, 2.05) is 13.0 Å². The van der Waals surface area contributed by atoms with E-state index in [1.165, 1.54) is 0 Å². The third kappa shape index (κ3) is 3.75. The van der Waals surface area contributed by atoms with Gasteiger partial charge in [0.2, 0.25) is 0 Å². The molecule has 14 heavy (non-hydrogen) atoms. The summed E-state index contributed by atoms with van der Waals surface area (Å²) in [6.45, 7) is 2.65. The Hall–Kier alpha value is -0.420. The maximum absolute atomic E-state index is 11.1. The van der Waals surface area contributed by atoms with E-state index in [-0.39, 0.29) is 5.25 Å². The number of aromatic nitrogens is 1. The number of pyridine rings is 1. The minimum absolute atomic E-state index is 0.147. The molecule has 1 aromatic rings. The molecule has 0 fully saturated rings. The molecule has 0 saturated heterocycles.